The van der Waals surface area contributed by atoms with Gasteiger partial charge in [0.25, 0.3) is 5.69 Å². The number of imidazole rings is 1. The van der Waals surface area contributed by atoms with E-state index < -0.39 is 34.9 Å². The molecule has 0 radical (unpaired) electrons. The van der Waals surface area contributed by atoms with Crippen LogP contribution >= 0.6 is 22.9 Å². The smallest absolute Gasteiger partial charge is 0.355 e. The van der Waals surface area contributed by atoms with E-state index in [9.17, 15) is 29.6 Å². The summed E-state index contributed by atoms with van der Waals surface area (Å²) in [4.78, 5) is 61.0. The molecule has 1 saturated heterocycles. The number of aliphatic hydroxyl groups excluding tert-OH is 1. The Balaban J connectivity index is 1.39. The lowest BCUT2D eigenvalue weighted by atomic mass is 9.77. The highest BCUT2D eigenvalue weighted by Crippen LogP contribution is 2.52. The van der Waals surface area contributed by atoms with Crippen LogP contribution in [0, 0.1) is 22.0 Å². The number of nitrogens with zero attached hydrogens (tertiary/aromatic N) is 5. The predicted octanol–water partition coefficient (Wildman–Crippen LogP) is 3.90. The number of rotatable bonds is 8. The number of esters is 1. The highest BCUT2D eigenvalue weighted by Gasteiger charge is 2.60. The van der Waals surface area contributed by atoms with Crippen LogP contribution in [0.5, 0.6) is 0 Å². The number of β-lactam (4-membered cyclic amide) rings is 1. The van der Waals surface area contributed by atoms with Gasteiger partial charge < -0.3 is 14.7 Å². The van der Waals surface area contributed by atoms with Gasteiger partial charge in [-0.2, -0.15) is 0 Å². The fraction of sp³-hybridized carbons (Fsp3) is 0.250. The topological polar surface area (TPSA) is 157 Å². The Morgan fingerprint density at radius 3 is 2.64 bits per heavy atom. The minimum absolute atomic E-state index is 0.0463. The number of thiazole rings is 1. The van der Waals surface area contributed by atoms with Crippen molar-refractivity contribution in [3.8, 4) is 0 Å². The van der Waals surface area contributed by atoms with E-state index in [1.54, 1.807) is 28.9 Å². The third-order valence-corrected chi connectivity index (χ3v) is 8.96. The van der Waals surface area contributed by atoms with E-state index in [0.717, 1.165) is 0 Å². The van der Waals surface area contributed by atoms with Crippen molar-refractivity contribution in [3.05, 3.63) is 97.8 Å². The number of aromatic nitrogens is 3. The number of ketones is 1. The Morgan fingerprint density at radius 1 is 1.26 bits per heavy atom. The molecule has 1 aromatic carbocycles. The first-order chi connectivity index (χ1) is 20.1. The minimum atomic E-state index is -0.931. The van der Waals surface area contributed by atoms with Crippen LogP contribution in [-0.2, 0) is 20.9 Å². The molecule has 5 heterocycles. The number of nitro benzene ring substituents is 1. The lowest BCUT2D eigenvalue weighted by Gasteiger charge is -2.46. The van der Waals surface area contributed by atoms with Crippen LogP contribution in [0.3, 0.4) is 0 Å². The molecule has 1 N–H and O–H groups in total. The molecule has 14 heteroatoms. The summed E-state index contributed by atoms with van der Waals surface area (Å²) >= 11 is 7.61. The van der Waals surface area contributed by atoms with Crippen LogP contribution in [0.25, 0.3) is 10.4 Å². The van der Waals surface area contributed by atoms with Crippen LogP contribution in [-0.4, -0.2) is 59.1 Å². The molecule has 12 nitrogen and oxygen atoms in total. The Morgan fingerprint density at radius 2 is 2.00 bits per heavy atom. The van der Waals surface area contributed by atoms with Gasteiger partial charge in [0, 0.05) is 47.8 Å². The van der Waals surface area contributed by atoms with Crippen molar-refractivity contribution in [2.24, 2.45) is 11.8 Å². The monoisotopic (exact) mass is 607 g/mol. The summed E-state index contributed by atoms with van der Waals surface area (Å²) in [5.74, 6) is -2.59. The molecule has 0 bridgehead atoms. The second-order valence-corrected chi connectivity index (χ2v) is 11.5. The molecule has 4 atom stereocenters. The fourth-order valence-corrected chi connectivity index (χ4v) is 7.07. The number of amides is 1. The zero-order valence-corrected chi connectivity index (χ0v) is 23.7. The number of non-ortho nitro benzene ring substituents is 1. The van der Waals surface area contributed by atoms with Gasteiger partial charge in [-0.1, -0.05) is 6.92 Å². The lowest BCUT2D eigenvalue weighted by molar-refractivity contribution is -0.384. The molecule has 2 aliphatic heterocycles. The molecule has 2 aliphatic rings. The van der Waals surface area contributed by atoms with Crippen LogP contribution in [0.15, 0.2) is 60.7 Å². The molecule has 42 heavy (non-hydrogen) atoms. The number of hydrogen-bond acceptors (Lipinski definition) is 10. The number of nitro groups is 1. The summed E-state index contributed by atoms with van der Waals surface area (Å²) in [6, 6.07) is 8.38. The Labute approximate surface area is 247 Å². The van der Waals surface area contributed by atoms with E-state index in [1.807, 2.05) is 6.92 Å². The van der Waals surface area contributed by atoms with Gasteiger partial charge in [0.2, 0.25) is 17.0 Å². The van der Waals surface area contributed by atoms with Gasteiger partial charge in [0.15, 0.2) is 0 Å². The van der Waals surface area contributed by atoms with Gasteiger partial charge in [-0.05, 0) is 48.4 Å². The van der Waals surface area contributed by atoms with Crippen molar-refractivity contribution < 1.29 is 29.2 Å². The average molecular weight is 608 g/mol. The average Bonchev–Trinajstić information content (AvgIpc) is 3.61. The van der Waals surface area contributed by atoms with E-state index in [-0.39, 0.29) is 40.7 Å². The first-order valence-corrected chi connectivity index (χ1v) is 14.1. The third kappa shape index (κ3) is 4.37. The molecular formula is C28H22ClN5O7S. The van der Waals surface area contributed by atoms with Gasteiger partial charge in [-0.15, -0.1) is 11.3 Å². The second kappa shape index (κ2) is 10.4. The number of benzene rings is 1. The Hall–Kier alpha value is -4.46. The number of pyridine rings is 1. The van der Waals surface area contributed by atoms with Gasteiger partial charge in [-0.3, -0.25) is 29.1 Å². The summed E-state index contributed by atoms with van der Waals surface area (Å²) in [6.45, 7) is 3.22. The van der Waals surface area contributed by atoms with E-state index in [4.69, 9.17) is 16.3 Å². The largest absolute Gasteiger partial charge is 0.456 e. The molecule has 0 unspecified atom stereocenters. The number of fused-ring (bicyclic) bond motifs is 2. The van der Waals surface area contributed by atoms with Gasteiger partial charge in [0.1, 0.15) is 22.8 Å². The van der Waals surface area contributed by atoms with Gasteiger partial charge >= 0.3 is 5.97 Å². The number of aliphatic hydroxyl groups is 1. The number of carbonyl (C=O) groups is 3. The number of halogens is 1. The molecule has 1 fully saturated rings. The van der Waals surface area contributed by atoms with Gasteiger partial charge in [0.05, 0.1) is 27.9 Å². The Kier molecular flexibility index (Phi) is 6.87. The maximum Gasteiger partial charge on any atom is 0.355 e. The molecule has 0 spiro atoms. The highest BCUT2D eigenvalue weighted by molar-refractivity contribution is 7.18. The maximum atomic E-state index is 13.6. The van der Waals surface area contributed by atoms with E-state index in [1.165, 1.54) is 53.6 Å². The first-order valence-electron chi connectivity index (χ1n) is 12.9. The van der Waals surface area contributed by atoms with Crippen LogP contribution in [0.1, 0.15) is 40.3 Å². The van der Waals surface area contributed by atoms with Crippen molar-refractivity contribution in [1.82, 2.24) is 19.3 Å². The quantitative estimate of drug-likeness (QED) is 0.103. The first kappa shape index (κ1) is 27.7. The zero-order chi connectivity index (χ0) is 29.9. The fourth-order valence-electron chi connectivity index (χ4n) is 5.57. The lowest BCUT2D eigenvalue weighted by Crippen LogP contribution is -2.63. The molecular weight excluding hydrogens is 586 g/mol. The van der Waals surface area contributed by atoms with Gasteiger partial charge in [-0.25, -0.2) is 9.78 Å². The summed E-state index contributed by atoms with van der Waals surface area (Å²) in [5, 5.41) is 21.3. The zero-order valence-electron chi connectivity index (χ0n) is 22.1. The molecule has 0 aliphatic carbocycles. The van der Waals surface area contributed by atoms with E-state index in [2.05, 4.69) is 9.97 Å². The van der Waals surface area contributed by atoms with Crippen molar-refractivity contribution in [3.63, 3.8) is 0 Å². The number of carbonyl (C=O) groups excluding carboxylic acids is 3. The normalized spacial score (nSPS) is 20.4. The Bertz CT molecular complexity index is 1800. The predicted molar refractivity (Wildman–Crippen MR) is 151 cm³/mol. The molecule has 6 rings (SSSR count). The SMILES string of the molecule is C[C@@H](O)[C@H]1C(=O)N2C(C(=O)OCc3ccc([N+](=O)[O-])cc3)=C(c3cn4c(Cl)nc(C(=O)c5cccnc5)c4s3)[C@H](C)[C@H]12. The molecule has 4 aromatic rings. The van der Waals surface area contributed by atoms with E-state index in [0.29, 0.717) is 26.4 Å². The number of hydrogen-bond donors (Lipinski definition) is 1. The maximum absolute atomic E-state index is 13.6. The van der Waals surface area contributed by atoms with Crippen LogP contribution in [0.4, 0.5) is 5.69 Å². The minimum Gasteiger partial charge on any atom is -0.456 e. The van der Waals surface area contributed by atoms with Crippen molar-refractivity contribution >= 4 is 56.7 Å². The molecule has 214 valence electrons. The summed E-state index contributed by atoms with van der Waals surface area (Å²) in [5.41, 5.74) is 1.46. The summed E-state index contributed by atoms with van der Waals surface area (Å²) in [7, 11) is 0. The van der Waals surface area contributed by atoms with Crippen LogP contribution < -0.4 is 0 Å². The molecule has 0 saturated carbocycles. The van der Waals surface area contributed by atoms with Crippen molar-refractivity contribution in [2.45, 2.75) is 32.6 Å². The van der Waals surface area contributed by atoms with E-state index >= 15 is 0 Å². The third-order valence-electron chi connectivity index (χ3n) is 7.56. The highest BCUT2D eigenvalue weighted by atomic mass is 35.5. The second-order valence-electron chi connectivity index (χ2n) is 10.1. The molecule has 3 aromatic heterocycles. The summed E-state index contributed by atoms with van der Waals surface area (Å²) < 4.78 is 7.13. The summed E-state index contributed by atoms with van der Waals surface area (Å²) in [6.07, 6.45) is 3.72. The standard InChI is InChI=1S/C28H22ClN5O7S/c1-13-19(18-11-32-26(42-18)21(31-28(32)29)24(36)16-4-3-9-30-10-16)23(33-22(13)20(14(2)35)25(33)37)27(38)41-12-15-5-7-17(8-6-15)34(39)40/h3-11,13-14,20,22,35H,12H2,1-2H3/t13-,14+,20+,22+/m0/s1. The molecule has 1 amide bonds. The number of ether oxygens (including phenoxy) is 1. The van der Waals surface area contributed by atoms with Crippen molar-refractivity contribution in [2.75, 3.05) is 0 Å². The van der Waals surface area contributed by atoms with Crippen molar-refractivity contribution in [1.29, 1.82) is 0 Å². The van der Waals surface area contributed by atoms with Crippen LogP contribution in [0.2, 0.25) is 5.28 Å².